The molecule has 0 aliphatic rings. The van der Waals surface area contributed by atoms with Crippen LogP contribution in [0.5, 0.6) is 0 Å². The fourth-order valence-electron chi connectivity index (χ4n) is 0.951. The van der Waals surface area contributed by atoms with Gasteiger partial charge in [-0.3, -0.25) is 0 Å². The highest BCUT2D eigenvalue weighted by Crippen LogP contribution is 2.18. The molecular formula is C8H12Cl2N4O2S. The van der Waals surface area contributed by atoms with Crippen LogP contribution in [0.15, 0.2) is 6.20 Å². The van der Waals surface area contributed by atoms with Crippen LogP contribution in [0.2, 0.25) is 10.3 Å². The molecule has 9 heteroatoms. The maximum Gasteiger partial charge on any atom is 0.224 e. The number of anilines is 1. The smallest absolute Gasteiger partial charge is 0.224 e. The molecule has 0 amide bonds. The van der Waals surface area contributed by atoms with Gasteiger partial charge in [-0.1, -0.05) is 11.6 Å². The van der Waals surface area contributed by atoms with Gasteiger partial charge in [0.25, 0.3) is 0 Å². The van der Waals surface area contributed by atoms with Gasteiger partial charge < -0.3 is 5.32 Å². The van der Waals surface area contributed by atoms with E-state index in [1.165, 1.54) is 20.3 Å². The van der Waals surface area contributed by atoms with Crippen molar-refractivity contribution in [3.8, 4) is 0 Å². The zero-order valence-corrected chi connectivity index (χ0v) is 11.6. The Balaban J connectivity index is 2.60. The lowest BCUT2D eigenvalue weighted by molar-refractivity contribution is 0.521. The van der Waals surface area contributed by atoms with Crippen molar-refractivity contribution in [2.24, 2.45) is 0 Å². The van der Waals surface area contributed by atoms with Gasteiger partial charge in [0, 0.05) is 20.6 Å². The first kappa shape index (κ1) is 14.4. The van der Waals surface area contributed by atoms with Gasteiger partial charge >= 0.3 is 0 Å². The quantitative estimate of drug-likeness (QED) is 0.824. The number of hydrogen-bond acceptors (Lipinski definition) is 5. The second-order valence-corrected chi connectivity index (χ2v) is 6.41. The van der Waals surface area contributed by atoms with Crippen molar-refractivity contribution in [3.05, 3.63) is 16.5 Å². The molecule has 0 unspecified atom stereocenters. The Kier molecular flexibility index (Phi) is 4.93. The molecule has 0 fully saturated rings. The van der Waals surface area contributed by atoms with Crippen LogP contribution in [0.4, 0.5) is 5.82 Å². The summed E-state index contributed by atoms with van der Waals surface area (Å²) in [6.45, 7) is 0.188. The zero-order valence-electron chi connectivity index (χ0n) is 9.31. The number of sulfonamides is 1. The summed E-state index contributed by atoms with van der Waals surface area (Å²) in [5, 5.41) is 3.13. The van der Waals surface area contributed by atoms with E-state index in [1.807, 2.05) is 0 Å². The van der Waals surface area contributed by atoms with Gasteiger partial charge in [0.15, 0.2) is 0 Å². The third-order valence-corrected chi connectivity index (χ3v) is 4.21. The number of aromatic nitrogens is 2. The van der Waals surface area contributed by atoms with Gasteiger partial charge in [-0.25, -0.2) is 17.7 Å². The first-order valence-electron chi connectivity index (χ1n) is 4.65. The maximum absolute atomic E-state index is 11.5. The van der Waals surface area contributed by atoms with Crippen molar-refractivity contribution >= 4 is 39.0 Å². The lowest BCUT2D eigenvalue weighted by Crippen LogP contribution is -2.28. The van der Waals surface area contributed by atoms with Crippen LogP contribution in [0.1, 0.15) is 0 Å². The van der Waals surface area contributed by atoms with E-state index in [1.54, 1.807) is 0 Å². The molecule has 6 nitrogen and oxygen atoms in total. The predicted molar refractivity (Wildman–Crippen MR) is 68.0 cm³/mol. The van der Waals surface area contributed by atoms with E-state index in [9.17, 15) is 8.42 Å². The van der Waals surface area contributed by atoms with Gasteiger partial charge in [0.05, 0.1) is 11.9 Å². The van der Waals surface area contributed by atoms with Gasteiger partial charge in [-0.05, 0) is 11.6 Å². The highest BCUT2D eigenvalue weighted by atomic mass is 35.5. The van der Waals surface area contributed by atoms with Crippen LogP contribution < -0.4 is 5.32 Å². The number of rotatable bonds is 5. The van der Waals surface area contributed by atoms with E-state index in [2.05, 4.69) is 15.3 Å². The average molecular weight is 299 g/mol. The molecule has 0 spiro atoms. The summed E-state index contributed by atoms with van der Waals surface area (Å²) in [5.74, 6) is 0.262. The van der Waals surface area contributed by atoms with Crippen LogP contribution in [0.25, 0.3) is 0 Å². The lowest BCUT2D eigenvalue weighted by atomic mass is 10.5. The van der Waals surface area contributed by atoms with E-state index in [-0.39, 0.29) is 22.6 Å². The van der Waals surface area contributed by atoms with E-state index in [4.69, 9.17) is 23.2 Å². The summed E-state index contributed by atoms with van der Waals surface area (Å²) in [7, 11) is -0.288. The standard InChI is InChI=1S/C8H12Cl2N4O2S/c1-14(2)17(15,16)4-3-11-7-6(9)5-12-8(10)13-7/h5H,3-4H2,1-2H3,(H,11,12,13). The Labute approximate surface area is 110 Å². The van der Waals surface area contributed by atoms with Crippen molar-refractivity contribution < 1.29 is 8.42 Å². The molecule has 0 atom stereocenters. The highest BCUT2D eigenvalue weighted by molar-refractivity contribution is 7.89. The van der Waals surface area contributed by atoms with E-state index >= 15 is 0 Å². The normalized spacial score (nSPS) is 11.8. The Morgan fingerprint density at radius 1 is 1.41 bits per heavy atom. The molecule has 0 saturated carbocycles. The Morgan fingerprint density at radius 2 is 2.06 bits per heavy atom. The lowest BCUT2D eigenvalue weighted by Gasteiger charge is -2.12. The number of halogens is 2. The highest BCUT2D eigenvalue weighted by Gasteiger charge is 2.13. The van der Waals surface area contributed by atoms with Gasteiger partial charge in [-0.2, -0.15) is 4.98 Å². The fourth-order valence-corrected chi connectivity index (χ4v) is 1.97. The van der Waals surface area contributed by atoms with Gasteiger partial charge in [0.2, 0.25) is 15.3 Å². The van der Waals surface area contributed by atoms with Crippen molar-refractivity contribution in [1.82, 2.24) is 14.3 Å². The van der Waals surface area contributed by atoms with Gasteiger partial charge in [0.1, 0.15) is 10.8 Å². The zero-order chi connectivity index (χ0) is 13.1. The average Bonchev–Trinajstić information content (AvgIpc) is 2.22. The van der Waals surface area contributed by atoms with Crippen molar-refractivity contribution in [2.45, 2.75) is 0 Å². The molecule has 0 bridgehead atoms. The summed E-state index contributed by atoms with van der Waals surface area (Å²) in [6, 6.07) is 0. The van der Waals surface area contributed by atoms with Crippen LogP contribution in [-0.4, -0.2) is 49.1 Å². The third-order valence-electron chi connectivity index (χ3n) is 1.92. The molecular weight excluding hydrogens is 287 g/mol. The van der Waals surface area contributed by atoms with Gasteiger partial charge in [-0.15, -0.1) is 0 Å². The number of nitrogens with zero attached hydrogens (tertiary/aromatic N) is 3. The van der Waals surface area contributed by atoms with Crippen LogP contribution in [-0.2, 0) is 10.0 Å². The molecule has 0 aromatic carbocycles. The molecule has 0 radical (unpaired) electrons. The van der Waals surface area contributed by atoms with Crippen LogP contribution in [0.3, 0.4) is 0 Å². The first-order valence-corrected chi connectivity index (χ1v) is 7.01. The predicted octanol–water partition coefficient (Wildman–Crippen LogP) is 1.09. The van der Waals surface area contributed by atoms with E-state index < -0.39 is 10.0 Å². The van der Waals surface area contributed by atoms with Crippen molar-refractivity contribution in [3.63, 3.8) is 0 Å². The SMILES string of the molecule is CN(C)S(=O)(=O)CCNc1nc(Cl)ncc1Cl. The minimum absolute atomic E-state index is 0.0485. The number of hydrogen-bond donors (Lipinski definition) is 1. The molecule has 0 aliphatic heterocycles. The van der Waals surface area contributed by atoms with Crippen LogP contribution in [0, 0.1) is 0 Å². The molecule has 1 rings (SSSR count). The molecule has 1 heterocycles. The van der Waals surface area contributed by atoms with Crippen LogP contribution >= 0.6 is 23.2 Å². The molecule has 1 aromatic rings. The Bertz CT molecular complexity index is 492. The fraction of sp³-hybridized carbons (Fsp3) is 0.500. The largest absolute Gasteiger partial charge is 0.368 e. The van der Waals surface area contributed by atoms with E-state index in [0.717, 1.165) is 4.31 Å². The molecule has 17 heavy (non-hydrogen) atoms. The topological polar surface area (TPSA) is 75.2 Å². The molecule has 0 aliphatic carbocycles. The Hall–Kier alpha value is -0.630. The minimum Gasteiger partial charge on any atom is -0.368 e. The number of nitrogens with one attached hydrogen (secondary N) is 1. The minimum atomic E-state index is -3.24. The Morgan fingerprint density at radius 3 is 2.65 bits per heavy atom. The third kappa shape index (κ3) is 4.27. The summed E-state index contributed by atoms with van der Waals surface area (Å²) in [4.78, 5) is 7.52. The molecule has 0 saturated heterocycles. The summed E-state index contributed by atoms with van der Waals surface area (Å²) >= 11 is 11.4. The molecule has 96 valence electrons. The van der Waals surface area contributed by atoms with E-state index in [0.29, 0.717) is 5.82 Å². The summed E-state index contributed by atoms with van der Waals surface area (Å²) in [5.41, 5.74) is 0. The summed E-state index contributed by atoms with van der Waals surface area (Å²) in [6.07, 6.45) is 1.35. The van der Waals surface area contributed by atoms with Crippen molar-refractivity contribution in [1.29, 1.82) is 0 Å². The maximum atomic E-state index is 11.5. The second-order valence-electron chi connectivity index (χ2n) is 3.36. The molecule has 1 aromatic heterocycles. The second kappa shape index (κ2) is 5.81. The summed E-state index contributed by atoms with van der Waals surface area (Å²) < 4.78 is 24.1. The monoisotopic (exact) mass is 298 g/mol. The first-order chi connectivity index (χ1) is 7.83. The van der Waals surface area contributed by atoms with Crippen molar-refractivity contribution in [2.75, 3.05) is 31.7 Å². The molecule has 1 N–H and O–H groups in total.